The molecule has 2 fully saturated rings. The molecule has 9 rings (SSSR count). The summed E-state index contributed by atoms with van der Waals surface area (Å²) in [5.41, 5.74) is -21.1. The van der Waals surface area contributed by atoms with Crippen molar-refractivity contribution in [3.8, 4) is 0 Å². The molecular formula is C66H70O14Si. The monoisotopic (exact) mass is 1110 g/mol. The van der Waals surface area contributed by atoms with Crippen LogP contribution in [0.3, 0.4) is 0 Å². The maximum Gasteiger partial charge on any atom is 0.218 e. The smallest absolute Gasteiger partial charge is 0.218 e. The molecule has 15 heteroatoms. The molecule has 14 nitrogen and oxygen atoms in total. The Kier molecular flexibility index (Phi) is 17.2. The van der Waals surface area contributed by atoms with Gasteiger partial charge in [0.15, 0.2) is 17.7 Å². The summed E-state index contributed by atoms with van der Waals surface area (Å²) in [7, 11) is -2.10. The van der Waals surface area contributed by atoms with Crippen LogP contribution in [0.5, 0.6) is 0 Å². The third kappa shape index (κ3) is 10.9. The van der Waals surface area contributed by atoms with Crippen LogP contribution in [0.15, 0.2) is 212 Å². The van der Waals surface area contributed by atoms with Gasteiger partial charge in [0, 0.05) is 57.1 Å². The van der Waals surface area contributed by atoms with Crippen LogP contribution in [-0.2, 0) is 39.9 Å². The zero-order valence-corrected chi connectivity index (χ0v) is 46.4. The summed E-state index contributed by atoms with van der Waals surface area (Å²) in [4.78, 5) is 47.6. The zero-order chi connectivity index (χ0) is 57.9. The van der Waals surface area contributed by atoms with Gasteiger partial charge in [0.2, 0.25) is 22.8 Å². The number of Topliss-reactive ketones (excluding diaryl/α,β-unsaturated/α-hetero) is 3. The SMILES string of the molecule is C[Si](C)(C)CCO[C@H]1O[C@H](C(O)C(=O)c2ccccc2)[C@@](O)([C@@H]2O[C@H](C(O)Cc3ccccc3)[C@@](O)(Cc3ccccc3)[C@@](O)(Cc3ccccc3)[C@]2(O)Cc2ccccc2)[C@@](O)(C(=O)c2ccccc2)[C@]1(O)C(=O)c1ccccc1. The predicted octanol–water partition coefficient (Wildman–Crippen LogP) is 6.56. The van der Waals surface area contributed by atoms with Gasteiger partial charge < -0.3 is 55.1 Å². The first kappa shape index (κ1) is 59.0. The summed E-state index contributed by atoms with van der Waals surface area (Å²) in [6, 6.07) is 54.8. The lowest BCUT2D eigenvalue weighted by Gasteiger charge is -2.69. The summed E-state index contributed by atoms with van der Waals surface area (Å²) in [5.74, 6) is -4.22. The Hall–Kier alpha value is -6.67. The molecule has 0 amide bonds. The minimum atomic E-state index is -4.22. The molecule has 2 unspecified atom stereocenters. The fourth-order valence-electron chi connectivity index (χ4n) is 12.0. The van der Waals surface area contributed by atoms with Gasteiger partial charge >= 0.3 is 0 Å². The molecule has 0 radical (unpaired) electrons. The molecule has 0 saturated carbocycles. The summed E-state index contributed by atoms with van der Waals surface area (Å²) in [6.07, 6.45) is -17.5. The largest absolute Gasteiger partial charge is 0.390 e. The Morgan fingerprint density at radius 1 is 0.494 bits per heavy atom. The van der Waals surface area contributed by atoms with Crippen LogP contribution in [0.2, 0.25) is 25.7 Å². The first-order chi connectivity index (χ1) is 38.6. The molecular weight excluding hydrogens is 1040 g/mol. The number of rotatable bonds is 21. The lowest BCUT2D eigenvalue weighted by Crippen LogP contribution is -2.94. The molecule has 2 aliphatic rings. The van der Waals surface area contributed by atoms with Crippen LogP contribution in [0.1, 0.15) is 53.3 Å². The Labute approximate surface area is 472 Å². The van der Waals surface area contributed by atoms with Crippen LogP contribution in [0, 0.1) is 0 Å². The van der Waals surface area contributed by atoms with E-state index in [2.05, 4.69) is 0 Å². The molecule has 2 aliphatic heterocycles. The fraction of sp³-hybridized carbons (Fsp3) is 0.318. The second-order valence-corrected chi connectivity index (χ2v) is 28.4. The van der Waals surface area contributed by atoms with E-state index in [0.717, 1.165) is 0 Å². The van der Waals surface area contributed by atoms with E-state index in [9.17, 15) is 35.7 Å². The summed E-state index contributed by atoms with van der Waals surface area (Å²) in [6.45, 7) is 5.77. The topological polar surface area (TPSA) is 241 Å². The fourth-order valence-corrected chi connectivity index (χ4v) is 12.7. The number of aliphatic hydroxyl groups excluding tert-OH is 2. The van der Waals surface area contributed by atoms with Gasteiger partial charge in [-0.2, -0.15) is 0 Å². The molecule has 0 aliphatic carbocycles. The van der Waals surface area contributed by atoms with Crippen LogP contribution in [0.25, 0.3) is 0 Å². The standard InChI is InChI=1S/C66H70O14Si/c1-81(2,3)40-39-78-60-64(75,55(70)50-35-21-9-22-36-50)66(77,56(71)51-37-23-10-24-38-51)65(76,58(80-60)54(69)53(68)49-33-19-8-20-34-49)59-62(73,43-47-29-15-6-16-30-47)63(74,44-48-31-17-7-18-32-48)61(72,42-46-27-13-5-14-28-46)57(79-59)52(67)41-45-25-11-4-12-26-45/h4-38,52,54,57-60,67,69,72-77H,39-44H2,1-3H3/t52?,54?,57-,58-,59-,60+,61+,62+,63+,64+,65-,66-/m1/s1. The van der Waals surface area contributed by atoms with Crippen molar-refractivity contribution in [3.63, 3.8) is 0 Å². The Morgan fingerprint density at radius 3 is 1.35 bits per heavy atom. The van der Waals surface area contributed by atoms with Gasteiger partial charge in [0.05, 0.1) is 6.10 Å². The molecule has 0 aromatic heterocycles. The van der Waals surface area contributed by atoms with Gasteiger partial charge in [-0.15, -0.1) is 0 Å². The first-order valence-electron chi connectivity index (χ1n) is 27.2. The normalized spacial score (nSPS) is 29.3. The lowest BCUT2D eigenvalue weighted by atomic mass is 9.50. The van der Waals surface area contributed by atoms with Crippen molar-refractivity contribution in [3.05, 3.63) is 251 Å². The number of ketones is 3. The third-order valence-electron chi connectivity index (χ3n) is 16.3. The molecule has 81 heavy (non-hydrogen) atoms. The minimum Gasteiger partial charge on any atom is -0.390 e. The average molecular weight is 1120 g/mol. The number of hydrogen-bond donors (Lipinski definition) is 8. The quantitative estimate of drug-likeness (QED) is 0.0281. The number of ether oxygens (including phenoxy) is 3. The van der Waals surface area contributed by atoms with Gasteiger partial charge in [0.1, 0.15) is 41.2 Å². The Balaban J connectivity index is 1.44. The Morgan fingerprint density at radius 2 is 0.889 bits per heavy atom. The van der Waals surface area contributed by atoms with Crippen LogP contribution < -0.4 is 0 Å². The second kappa shape index (κ2) is 23.7. The summed E-state index contributed by atoms with van der Waals surface area (Å²) >= 11 is 0. The number of aliphatic hydroxyl groups is 8. The molecule has 422 valence electrons. The molecule has 8 N–H and O–H groups in total. The third-order valence-corrected chi connectivity index (χ3v) is 18.0. The van der Waals surface area contributed by atoms with E-state index in [1.165, 1.54) is 72.8 Å². The van der Waals surface area contributed by atoms with Gasteiger partial charge in [-0.3, -0.25) is 14.4 Å². The molecule has 7 aromatic carbocycles. The summed E-state index contributed by atoms with van der Waals surface area (Å²) in [5, 5.41) is 114. The van der Waals surface area contributed by atoms with Crippen molar-refractivity contribution < 1.29 is 69.4 Å². The van der Waals surface area contributed by atoms with E-state index in [4.69, 9.17) is 14.2 Å². The van der Waals surface area contributed by atoms with Crippen molar-refractivity contribution in [1.29, 1.82) is 0 Å². The predicted molar refractivity (Wildman–Crippen MR) is 306 cm³/mol. The summed E-state index contributed by atoms with van der Waals surface area (Å²) < 4.78 is 20.2. The second-order valence-electron chi connectivity index (χ2n) is 22.8. The van der Waals surface area contributed by atoms with Gasteiger partial charge in [-0.1, -0.05) is 232 Å². The van der Waals surface area contributed by atoms with Crippen molar-refractivity contribution in [2.24, 2.45) is 0 Å². The Bertz CT molecular complexity index is 3230. The number of hydrogen-bond acceptors (Lipinski definition) is 14. The highest BCUT2D eigenvalue weighted by atomic mass is 28.3. The highest BCUT2D eigenvalue weighted by Gasteiger charge is 2.86. The zero-order valence-electron chi connectivity index (χ0n) is 45.4. The first-order valence-corrected chi connectivity index (χ1v) is 30.9. The molecule has 0 bridgehead atoms. The number of carbonyl (C=O) groups excluding carboxylic acids is 3. The molecule has 7 aromatic rings. The maximum atomic E-state index is 16.5. The van der Waals surface area contributed by atoms with E-state index < -0.39 is 121 Å². The average Bonchev–Trinajstić information content (AvgIpc) is 2.99. The van der Waals surface area contributed by atoms with E-state index in [1.807, 2.05) is 19.6 Å². The van der Waals surface area contributed by atoms with Crippen molar-refractivity contribution >= 4 is 25.4 Å². The van der Waals surface area contributed by atoms with Crippen LogP contribution in [0.4, 0.5) is 0 Å². The van der Waals surface area contributed by atoms with Gasteiger partial charge in [-0.25, -0.2) is 0 Å². The lowest BCUT2D eigenvalue weighted by molar-refractivity contribution is -0.439. The number of carbonyl (C=O) groups is 3. The van der Waals surface area contributed by atoms with Gasteiger partial charge in [0.25, 0.3) is 0 Å². The van der Waals surface area contributed by atoms with Gasteiger partial charge in [-0.05, 0) is 28.3 Å². The molecule has 2 saturated heterocycles. The highest BCUT2D eigenvalue weighted by molar-refractivity contribution is 6.76. The molecule has 0 spiro atoms. The van der Waals surface area contributed by atoms with E-state index in [1.54, 1.807) is 140 Å². The van der Waals surface area contributed by atoms with Crippen molar-refractivity contribution in [2.45, 2.75) is 122 Å². The van der Waals surface area contributed by atoms with E-state index in [0.29, 0.717) is 22.7 Å². The van der Waals surface area contributed by atoms with Crippen LogP contribution >= 0.6 is 0 Å². The van der Waals surface area contributed by atoms with E-state index >= 15 is 19.5 Å². The van der Waals surface area contributed by atoms with E-state index in [-0.39, 0.29) is 29.7 Å². The van der Waals surface area contributed by atoms with Crippen molar-refractivity contribution in [1.82, 2.24) is 0 Å². The molecule has 12 atom stereocenters. The number of benzene rings is 7. The molecule has 2 heterocycles. The van der Waals surface area contributed by atoms with Crippen LogP contribution in [-0.4, -0.2) is 143 Å². The van der Waals surface area contributed by atoms with Crippen molar-refractivity contribution in [2.75, 3.05) is 6.61 Å². The minimum absolute atomic E-state index is 0.163. The highest BCUT2D eigenvalue weighted by Crippen LogP contribution is 2.59. The maximum absolute atomic E-state index is 16.5.